The summed E-state index contributed by atoms with van der Waals surface area (Å²) in [6, 6.07) is 0. The van der Waals surface area contributed by atoms with Crippen LogP contribution in [0.25, 0.3) is 0 Å². The minimum atomic E-state index is 0.113. The van der Waals surface area contributed by atoms with E-state index in [0.29, 0.717) is 18.6 Å². The molecule has 0 aliphatic rings. The van der Waals surface area contributed by atoms with E-state index < -0.39 is 0 Å². The molecule has 1 nitrogen and oxygen atoms in total. The molecule has 0 aliphatic heterocycles. The molecule has 0 fully saturated rings. The molecule has 0 rings (SSSR count). The average Bonchev–Trinajstić information content (AvgIpc) is 1.86. The maximum absolute atomic E-state index is 4.15. The van der Waals surface area contributed by atoms with Crippen molar-refractivity contribution in [1.82, 2.24) is 0 Å². The summed E-state index contributed by atoms with van der Waals surface area (Å²) in [5.41, 5.74) is 0. The molecule has 0 aromatic heterocycles. The van der Waals surface area contributed by atoms with Gasteiger partial charge in [-0.1, -0.05) is 0 Å². The molecule has 0 spiro atoms. The molecule has 1 atom stereocenters. The molecule has 0 aliphatic carbocycles. The van der Waals surface area contributed by atoms with E-state index in [0.717, 1.165) is 5.33 Å². The van der Waals surface area contributed by atoms with Crippen molar-refractivity contribution in [3.8, 4) is 0 Å². The van der Waals surface area contributed by atoms with Crippen LogP contribution in [-0.4, -0.2) is 39.6 Å². The first kappa shape index (κ1) is 10.3. The zero-order valence-electron chi connectivity index (χ0n) is 5.91. The van der Waals surface area contributed by atoms with Crippen LogP contribution in [-0.2, 0) is 0 Å². The zero-order valence-corrected chi connectivity index (χ0v) is 13.3. The number of nitrogens with zero attached hydrogens (tertiary/aromatic N) is 1. The fourth-order valence-corrected chi connectivity index (χ4v) is 2.37. The summed E-state index contributed by atoms with van der Waals surface area (Å²) in [6.45, 7) is 2.13. The van der Waals surface area contributed by atoms with Crippen molar-refractivity contribution >= 4 is 54.7 Å². The first-order chi connectivity index (χ1) is 4.04. The summed E-state index contributed by atoms with van der Waals surface area (Å²) >= 11 is 7.68. The standard InChI is InChI=1S/C5H8Br2N.Ga.2H/c1-5(7,3-6)4-8-2;;;/h3H2,1-2H3;;;. The van der Waals surface area contributed by atoms with Gasteiger partial charge in [0.1, 0.15) is 0 Å². The quantitative estimate of drug-likeness (QED) is 0.413. The van der Waals surface area contributed by atoms with Crippen molar-refractivity contribution in [2.45, 2.75) is 11.2 Å². The van der Waals surface area contributed by atoms with Gasteiger partial charge in [0.2, 0.25) is 0 Å². The van der Waals surface area contributed by atoms with Gasteiger partial charge in [-0.05, 0) is 0 Å². The molecule has 0 N–H and O–H groups in total. The van der Waals surface area contributed by atoms with Gasteiger partial charge in [-0.15, -0.1) is 0 Å². The molecule has 0 aromatic rings. The Bertz CT molecular complexity index is 122. The topological polar surface area (TPSA) is 12.4 Å². The van der Waals surface area contributed by atoms with Gasteiger partial charge in [-0.2, -0.15) is 0 Å². The molecule has 9 heavy (non-hydrogen) atoms. The average molecular weight is 314 g/mol. The Kier molecular flexibility index (Phi) is 4.80. The van der Waals surface area contributed by atoms with Crippen molar-refractivity contribution in [2.24, 2.45) is 4.99 Å². The second-order valence-electron chi connectivity index (χ2n) is 2.14. The Hall–Kier alpha value is 1.27. The van der Waals surface area contributed by atoms with Crippen LogP contribution in [0.4, 0.5) is 0 Å². The molecule has 0 amide bonds. The Labute approximate surface area is 82.9 Å². The Morgan fingerprint density at radius 3 is 2.33 bits per heavy atom. The molecule has 0 radical (unpaired) electrons. The second kappa shape index (κ2) is 4.21. The van der Waals surface area contributed by atoms with Crippen LogP contribution in [0.3, 0.4) is 0 Å². The molecular weight excluding hydrogens is 304 g/mol. The number of hydrogen-bond acceptors (Lipinski definition) is 1. The van der Waals surface area contributed by atoms with Crippen LogP contribution >= 0.6 is 31.9 Å². The summed E-state index contributed by atoms with van der Waals surface area (Å²) < 4.78 is 1.41. The first-order valence-electron chi connectivity index (χ1n) is 2.73. The van der Waals surface area contributed by atoms with Crippen LogP contribution in [0.2, 0.25) is 0 Å². The Morgan fingerprint density at radius 1 is 1.78 bits per heavy atom. The normalized spacial score (nSPS) is 19.3. The van der Waals surface area contributed by atoms with Crippen LogP contribution in [0.15, 0.2) is 4.99 Å². The molecule has 4 heteroatoms. The van der Waals surface area contributed by atoms with E-state index in [2.05, 4.69) is 43.8 Å². The maximum atomic E-state index is 4.15. The molecule has 0 bridgehead atoms. The van der Waals surface area contributed by atoms with E-state index in [4.69, 9.17) is 0 Å². The number of hydrogen-bond donors (Lipinski definition) is 0. The third-order valence-electron chi connectivity index (χ3n) is 1.34. The number of alkyl halides is 2. The number of aliphatic imine (C=N–C) groups is 1. The van der Waals surface area contributed by atoms with Gasteiger partial charge in [0.25, 0.3) is 0 Å². The van der Waals surface area contributed by atoms with Gasteiger partial charge >= 0.3 is 83.3 Å². The summed E-state index contributed by atoms with van der Waals surface area (Å²) in [5.74, 6) is 0. The van der Waals surface area contributed by atoms with Crippen molar-refractivity contribution in [3.05, 3.63) is 0 Å². The molecule has 1 unspecified atom stereocenters. The molecular formula is C5H10Br2GaN. The SMILES string of the molecule is CN=[C]([GaH2])C(C)(Br)CBr. The van der Waals surface area contributed by atoms with Gasteiger partial charge in [-0.25, -0.2) is 0 Å². The van der Waals surface area contributed by atoms with Gasteiger partial charge in [-0.3, -0.25) is 0 Å². The van der Waals surface area contributed by atoms with E-state index in [1.807, 2.05) is 7.05 Å². The van der Waals surface area contributed by atoms with Crippen LogP contribution in [0.5, 0.6) is 0 Å². The molecule has 0 heterocycles. The van der Waals surface area contributed by atoms with E-state index in [9.17, 15) is 0 Å². The van der Waals surface area contributed by atoms with Crippen LogP contribution in [0, 0.1) is 0 Å². The van der Waals surface area contributed by atoms with Gasteiger partial charge in [0.15, 0.2) is 0 Å². The van der Waals surface area contributed by atoms with Gasteiger partial charge in [0, 0.05) is 0 Å². The molecule has 52 valence electrons. The minimum absolute atomic E-state index is 0.113. The third-order valence-corrected chi connectivity index (χ3v) is 8.86. The summed E-state index contributed by atoms with van der Waals surface area (Å²) in [6.07, 6.45) is 0. The molecule has 0 aromatic carbocycles. The van der Waals surface area contributed by atoms with Crippen LogP contribution in [0.1, 0.15) is 6.92 Å². The monoisotopic (exact) mass is 311 g/mol. The van der Waals surface area contributed by atoms with E-state index in [1.165, 1.54) is 4.27 Å². The van der Waals surface area contributed by atoms with E-state index in [-0.39, 0.29) is 4.32 Å². The van der Waals surface area contributed by atoms with Gasteiger partial charge < -0.3 is 0 Å². The van der Waals surface area contributed by atoms with Crippen LogP contribution < -0.4 is 0 Å². The predicted octanol–water partition coefficient (Wildman–Crippen LogP) is 1.20. The second-order valence-corrected chi connectivity index (χ2v) is 6.44. The summed E-state index contributed by atoms with van der Waals surface area (Å²) in [5, 5.41) is 0.939. The van der Waals surface area contributed by atoms with Crippen molar-refractivity contribution < 1.29 is 0 Å². The van der Waals surface area contributed by atoms with Crippen molar-refractivity contribution in [2.75, 3.05) is 12.4 Å². The summed E-state index contributed by atoms with van der Waals surface area (Å²) in [7, 11) is 1.85. The van der Waals surface area contributed by atoms with Crippen molar-refractivity contribution in [3.63, 3.8) is 0 Å². The number of halogens is 2. The fraction of sp³-hybridized carbons (Fsp3) is 0.800. The van der Waals surface area contributed by atoms with E-state index in [1.54, 1.807) is 0 Å². The fourth-order valence-electron chi connectivity index (χ4n) is 0.330. The molecule has 0 saturated heterocycles. The summed E-state index contributed by atoms with van der Waals surface area (Å²) in [4.78, 5) is 4.15. The number of rotatable bonds is 2. The van der Waals surface area contributed by atoms with E-state index >= 15 is 0 Å². The first-order valence-corrected chi connectivity index (χ1v) is 6.74. The van der Waals surface area contributed by atoms with Gasteiger partial charge in [0.05, 0.1) is 0 Å². The predicted molar refractivity (Wildman–Crippen MR) is 53.0 cm³/mol. The Balaban J connectivity index is 4.14. The third kappa shape index (κ3) is 3.25. The Morgan fingerprint density at radius 2 is 2.22 bits per heavy atom. The molecule has 0 saturated carbocycles. The zero-order chi connectivity index (χ0) is 7.49. The van der Waals surface area contributed by atoms with Crippen molar-refractivity contribution in [1.29, 1.82) is 0 Å².